The molecule has 1 aromatic heterocycles. The second-order valence-electron chi connectivity index (χ2n) is 5.77. The van der Waals surface area contributed by atoms with Crippen LogP contribution >= 0.6 is 0 Å². The highest BCUT2D eigenvalue weighted by Crippen LogP contribution is 2.13. The number of methoxy groups -OCH3 is 1. The molecule has 0 unspecified atom stereocenters. The van der Waals surface area contributed by atoms with Crippen LogP contribution in [0.15, 0.2) is 82.5 Å². The van der Waals surface area contributed by atoms with E-state index in [1.165, 1.54) is 24.6 Å². The molecule has 0 spiro atoms. The number of hydrogen-bond donors (Lipinski definition) is 1. The Morgan fingerprint density at radius 2 is 1.72 bits per heavy atom. The summed E-state index contributed by atoms with van der Waals surface area (Å²) >= 11 is 0. The SMILES string of the molecule is COc1ccc(C(=O)N/N=C/c2ccc(OC(=O)/C=C/c3ccco3)cc2)cc1. The highest BCUT2D eigenvalue weighted by molar-refractivity contribution is 5.95. The van der Waals surface area contributed by atoms with Crippen molar-refractivity contribution in [2.45, 2.75) is 0 Å². The number of benzene rings is 2. The minimum absolute atomic E-state index is 0.335. The molecule has 146 valence electrons. The highest BCUT2D eigenvalue weighted by Gasteiger charge is 2.04. The number of hydrazone groups is 1. The first kappa shape index (κ1) is 19.6. The monoisotopic (exact) mass is 390 g/mol. The van der Waals surface area contributed by atoms with E-state index in [-0.39, 0.29) is 5.91 Å². The van der Waals surface area contributed by atoms with E-state index < -0.39 is 5.97 Å². The van der Waals surface area contributed by atoms with Crippen LogP contribution in [0.5, 0.6) is 11.5 Å². The van der Waals surface area contributed by atoms with Gasteiger partial charge >= 0.3 is 5.97 Å². The lowest BCUT2D eigenvalue weighted by Gasteiger charge is -2.03. The zero-order valence-corrected chi connectivity index (χ0v) is 15.6. The van der Waals surface area contributed by atoms with Crippen molar-refractivity contribution in [2.75, 3.05) is 7.11 Å². The van der Waals surface area contributed by atoms with Crippen molar-refractivity contribution in [1.82, 2.24) is 5.43 Å². The number of hydrogen-bond acceptors (Lipinski definition) is 6. The number of esters is 1. The fourth-order valence-electron chi connectivity index (χ4n) is 2.28. The molecule has 3 aromatic rings. The van der Waals surface area contributed by atoms with Crippen LogP contribution < -0.4 is 14.9 Å². The molecular formula is C22H18N2O5. The van der Waals surface area contributed by atoms with Gasteiger partial charge < -0.3 is 13.9 Å². The number of amides is 1. The van der Waals surface area contributed by atoms with Crippen molar-refractivity contribution in [1.29, 1.82) is 0 Å². The Bertz CT molecular complexity index is 1000. The third-order valence-corrected chi connectivity index (χ3v) is 3.76. The van der Waals surface area contributed by atoms with Gasteiger partial charge in [-0.05, 0) is 72.3 Å². The first-order valence-corrected chi connectivity index (χ1v) is 8.65. The summed E-state index contributed by atoms with van der Waals surface area (Å²) in [5.74, 6) is 0.762. The van der Waals surface area contributed by atoms with Crippen LogP contribution in [0.25, 0.3) is 6.08 Å². The van der Waals surface area contributed by atoms with Crippen LogP contribution in [0.3, 0.4) is 0 Å². The Kier molecular flexibility index (Phi) is 6.57. The Morgan fingerprint density at radius 3 is 2.38 bits per heavy atom. The van der Waals surface area contributed by atoms with E-state index in [1.807, 2.05) is 0 Å². The Labute approximate surface area is 167 Å². The molecule has 1 amide bonds. The van der Waals surface area contributed by atoms with E-state index in [0.29, 0.717) is 22.8 Å². The quantitative estimate of drug-likeness (QED) is 0.219. The summed E-state index contributed by atoms with van der Waals surface area (Å²) in [5.41, 5.74) is 3.64. The Morgan fingerprint density at radius 1 is 1.00 bits per heavy atom. The fraction of sp³-hybridized carbons (Fsp3) is 0.0455. The van der Waals surface area contributed by atoms with Crippen molar-refractivity contribution >= 4 is 24.2 Å². The number of nitrogens with zero attached hydrogens (tertiary/aromatic N) is 1. The molecule has 0 atom stereocenters. The number of carbonyl (C=O) groups is 2. The lowest BCUT2D eigenvalue weighted by Crippen LogP contribution is -2.17. The van der Waals surface area contributed by atoms with Crippen molar-refractivity contribution in [3.63, 3.8) is 0 Å². The molecule has 0 saturated heterocycles. The molecular weight excluding hydrogens is 372 g/mol. The highest BCUT2D eigenvalue weighted by atomic mass is 16.5. The predicted molar refractivity (Wildman–Crippen MR) is 108 cm³/mol. The summed E-state index contributed by atoms with van der Waals surface area (Å²) in [6, 6.07) is 16.8. The second kappa shape index (κ2) is 9.70. The van der Waals surface area contributed by atoms with Crippen molar-refractivity contribution in [2.24, 2.45) is 5.10 Å². The molecule has 2 aromatic carbocycles. The van der Waals surface area contributed by atoms with E-state index in [1.54, 1.807) is 67.8 Å². The molecule has 0 fully saturated rings. The van der Waals surface area contributed by atoms with E-state index >= 15 is 0 Å². The topological polar surface area (TPSA) is 90.1 Å². The number of rotatable bonds is 7. The van der Waals surface area contributed by atoms with E-state index in [9.17, 15) is 9.59 Å². The Hall–Kier alpha value is -4.13. The average molecular weight is 390 g/mol. The van der Waals surface area contributed by atoms with Crippen LogP contribution in [-0.4, -0.2) is 25.2 Å². The van der Waals surface area contributed by atoms with Gasteiger partial charge in [-0.2, -0.15) is 5.10 Å². The van der Waals surface area contributed by atoms with Gasteiger partial charge in [0.1, 0.15) is 17.3 Å². The third-order valence-electron chi connectivity index (χ3n) is 3.76. The molecule has 0 aliphatic rings. The van der Waals surface area contributed by atoms with Crippen LogP contribution in [-0.2, 0) is 4.79 Å². The summed E-state index contributed by atoms with van der Waals surface area (Å²) in [6.07, 6.45) is 5.81. The smallest absolute Gasteiger partial charge is 0.336 e. The molecule has 7 nitrogen and oxygen atoms in total. The molecule has 0 aliphatic heterocycles. The van der Waals surface area contributed by atoms with Gasteiger partial charge in [0.15, 0.2) is 0 Å². The van der Waals surface area contributed by atoms with Gasteiger partial charge in [-0.1, -0.05) is 0 Å². The summed E-state index contributed by atoms with van der Waals surface area (Å²) in [4.78, 5) is 23.8. The van der Waals surface area contributed by atoms with Gasteiger partial charge in [0.2, 0.25) is 0 Å². The predicted octanol–water partition coefficient (Wildman–Crippen LogP) is 3.67. The summed E-state index contributed by atoms with van der Waals surface area (Å²) in [6.45, 7) is 0. The number of furan rings is 1. The van der Waals surface area contributed by atoms with Crippen LogP contribution in [0.4, 0.5) is 0 Å². The number of nitrogens with one attached hydrogen (secondary N) is 1. The molecule has 0 radical (unpaired) electrons. The van der Waals surface area contributed by atoms with Crippen LogP contribution in [0.1, 0.15) is 21.7 Å². The van der Waals surface area contributed by atoms with Crippen molar-refractivity contribution < 1.29 is 23.5 Å². The molecule has 0 bridgehead atoms. The molecule has 7 heteroatoms. The minimum atomic E-state index is -0.519. The normalized spacial score (nSPS) is 10.9. The summed E-state index contributed by atoms with van der Waals surface area (Å²) in [5, 5.41) is 3.92. The number of carbonyl (C=O) groups excluding carboxylic acids is 2. The zero-order valence-electron chi connectivity index (χ0n) is 15.6. The van der Waals surface area contributed by atoms with Crippen molar-refractivity contribution in [3.05, 3.63) is 89.9 Å². The molecule has 0 aliphatic carbocycles. The van der Waals surface area contributed by atoms with E-state index in [4.69, 9.17) is 13.9 Å². The second-order valence-corrected chi connectivity index (χ2v) is 5.77. The Balaban J connectivity index is 1.50. The average Bonchev–Trinajstić information content (AvgIpc) is 3.27. The van der Waals surface area contributed by atoms with Gasteiger partial charge in [-0.3, -0.25) is 4.79 Å². The summed E-state index contributed by atoms with van der Waals surface area (Å²) < 4.78 is 15.3. The molecule has 1 heterocycles. The maximum absolute atomic E-state index is 12.0. The lowest BCUT2D eigenvalue weighted by molar-refractivity contribution is -0.128. The molecule has 3 rings (SSSR count). The van der Waals surface area contributed by atoms with Gasteiger partial charge in [0.25, 0.3) is 5.91 Å². The van der Waals surface area contributed by atoms with Gasteiger partial charge in [-0.25, -0.2) is 10.2 Å². The fourth-order valence-corrected chi connectivity index (χ4v) is 2.28. The molecule has 29 heavy (non-hydrogen) atoms. The first-order valence-electron chi connectivity index (χ1n) is 8.65. The largest absolute Gasteiger partial charge is 0.497 e. The standard InChI is InChI=1S/C22H18N2O5/c1-27-18-10-6-17(7-11-18)22(26)24-23-15-16-4-8-20(9-5-16)29-21(25)13-12-19-3-2-14-28-19/h2-15H,1H3,(H,24,26)/b13-12+,23-15+. The maximum atomic E-state index is 12.0. The molecule has 1 N–H and O–H groups in total. The summed E-state index contributed by atoms with van der Waals surface area (Å²) in [7, 11) is 1.56. The maximum Gasteiger partial charge on any atom is 0.336 e. The number of ether oxygens (including phenoxy) is 2. The van der Waals surface area contributed by atoms with Crippen LogP contribution in [0, 0.1) is 0 Å². The zero-order chi connectivity index (χ0) is 20.5. The van der Waals surface area contributed by atoms with E-state index in [0.717, 1.165) is 5.56 Å². The van der Waals surface area contributed by atoms with Crippen LogP contribution in [0.2, 0.25) is 0 Å². The lowest BCUT2D eigenvalue weighted by atomic mass is 10.2. The van der Waals surface area contributed by atoms with Gasteiger partial charge in [0.05, 0.1) is 19.6 Å². The molecule has 0 saturated carbocycles. The van der Waals surface area contributed by atoms with Crippen molar-refractivity contribution in [3.8, 4) is 11.5 Å². The minimum Gasteiger partial charge on any atom is -0.497 e. The van der Waals surface area contributed by atoms with Gasteiger partial charge in [0, 0.05) is 11.6 Å². The van der Waals surface area contributed by atoms with E-state index in [2.05, 4.69) is 10.5 Å². The first-order chi connectivity index (χ1) is 14.1. The third kappa shape index (κ3) is 5.93. The van der Waals surface area contributed by atoms with Gasteiger partial charge in [-0.15, -0.1) is 0 Å².